The number of nitrogens with one attached hydrogen (secondary N) is 1. The molecule has 0 saturated carbocycles. The van der Waals surface area contributed by atoms with Gasteiger partial charge >= 0.3 is 0 Å². The lowest BCUT2D eigenvalue weighted by Crippen LogP contribution is -2.13. The Kier molecular flexibility index (Phi) is 8.08. The first-order valence-corrected chi connectivity index (χ1v) is 9.35. The van der Waals surface area contributed by atoms with Gasteiger partial charge in [0.05, 0.1) is 13.7 Å². The fraction of sp³-hybridized carbons (Fsp3) is 0.190. The number of amides is 1. The third kappa shape index (κ3) is 6.00. The molecule has 1 amide bonds. The molecule has 0 unspecified atom stereocenters. The molecule has 2 rings (SSSR count). The second-order valence-corrected chi connectivity index (χ2v) is 6.41. The molecule has 0 aliphatic carbocycles. The van der Waals surface area contributed by atoms with E-state index in [1.165, 1.54) is 6.08 Å². The molecule has 148 valence electrons. The van der Waals surface area contributed by atoms with Crippen molar-refractivity contribution in [1.82, 2.24) is 0 Å². The summed E-state index contributed by atoms with van der Waals surface area (Å²) >= 11 is 3.40. The average molecular weight is 456 g/mol. The van der Waals surface area contributed by atoms with E-state index >= 15 is 0 Å². The highest BCUT2D eigenvalue weighted by atomic mass is 79.9. The number of hydrogen-bond acceptors (Lipinski definition) is 6. The number of ether oxygens (including phenoxy) is 3. The zero-order valence-electron chi connectivity index (χ0n) is 15.9. The van der Waals surface area contributed by atoms with Crippen LogP contribution in [-0.2, 0) is 4.79 Å². The third-order valence-electron chi connectivity index (χ3n) is 3.67. The molecule has 2 aromatic carbocycles. The maximum absolute atomic E-state index is 12.5. The van der Waals surface area contributed by atoms with E-state index in [1.54, 1.807) is 43.5 Å². The number of carbonyl (C=O) groups is 1. The van der Waals surface area contributed by atoms with E-state index in [0.29, 0.717) is 39.6 Å². The molecule has 0 aromatic heterocycles. The number of hydrogen-bond donors (Lipinski definition) is 1. The van der Waals surface area contributed by atoms with Crippen LogP contribution in [0.5, 0.6) is 17.2 Å². The first-order chi connectivity index (χ1) is 14.0. The van der Waals surface area contributed by atoms with Crippen molar-refractivity contribution >= 4 is 33.6 Å². The summed E-state index contributed by atoms with van der Waals surface area (Å²) in [5.74, 6) is 0.904. The lowest BCUT2D eigenvalue weighted by Gasteiger charge is -2.12. The van der Waals surface area contributed by atoms with Crippen LogP contribution in [0.3, 0.4) is 0 Å². The maximum Gasteiger partial charge on any atom is 0.266 e. The van der Waals surface area contributed by atoms with Gasteiger partial charge in [0.2, 0.25) is 0 Å². The van der Waals surface area contributed by atoms with Crippen molar-refractivity contribution in [2.75, 3.05) is 25.6 Å². The van der Waals surface area contributed by atoms with Crippen molar-refractivity contribution < 1.29 is 19.0 Å². The van der Waals surface area contributed by atoms with E-state index in [9.17, 15) is 10.1 Å². The molecule has 0 bridgehead atoms. The Labute approximate surface area is 177 Å². The van der Waals surface area contributed by atoms with Crippen molar-refractivity contribution in [3.63, 3.8) is 0 Å². The number of rotatable bonds is 8. The number of nitriles is 2. The predicted molar refractivity (Wildman–Crippen MR) is 112 cm³/mol. The standard InChI is InChI=1S/C21H18BrN3O4/c1-3-28-19-11-14(18(22)12-20(19)29-9-8-23)10-15(13-24)21(26)25-16-4-6-17(27-2)7-5-16/h4-7,10-12H,3,9H2,1-2H3,(H,25,26)/b15-10+. The monoisotopic (exact) mass is 455 g/mol. The minimum atomic E-state index is -0.549. The zero-order valence-corrected chi connectivity index (χ0v) is 17.4. The lowest BCUT2D eigenvalue weighted by atomic mass is 10.1. The Hall–Kier alpha value is -3.49. The van der Waals surface area contributed by atoms with Crippen molar-refractivity contribution in [2.45, 2.75) is 6.92 Å². The minimum Gasteiger partial charge on any atom is -0.497 e. The molecule has 0 aliphatic rings. The lowest BCUT2D eigenvalue weighted by molar-refractivity contribution is -0.112. The minimum absolute atomic E-state index is 0.0883. The number of methoxy groups -OCH3 is 1. The van der Waals surface area contributed by atoms with Crippen LogP contribution in [-0.4, -0.2) is 26.2 Å². The predicted octanol–water partition coefficient (Wildman–Crippen LogP) is 4.30. The molecular formula is C21H18BrN3O4. The van der Waals surface area contributed by atoms with E-state index < -0.39 is 5.91 Å². The van der Waals surface area contributed by atoms with Crippen LogP contribution >= 0.6 is 15.9 Å². The molecule has 0 aliphatic heterocycles. The number of benzene rings is 2. The molecular weight excluding hydrogens is 438 g/mol. The summed E-state index contributed by atoms with van der Waals surface area (Å²) in [5.41, 5.74) is 1.00. The first kappa shape index (κ1) is 21.8. The molecule has 1 N–H and O–H groups in total. The Balaban J connectivity index is 2.30. The molecule has 0 spiro atoms. The van der Waals surface area contributed by atoms with Crippen molar-refractivity contribution in [3.8, 4) is 29.4 Å². The topological polar surface area (TPSA) is 104 Å². The van der Waals surface area contributed by atoms with Gasteiger partial charge in [-0.3, -0.25) is 4.79 Å². The van der Waals surface area contributed by atoms with Gasteiger partial charge in [-0.25, -0.2) is 0 Å². The molecule has 0 fully saturated rings. The van der Waals surface area contributed by atoms with E-state index in [4.69, 9.17) is 19.5 Å². The van der Waals surface area contributed by atoms with Crippen molar-refractivity contribution in [2.24, 2.45) is 0 Å². The fourth-order valence-electron chi connectivity index (χ4n) is 2.33. The molecule has 0 heterocycles. The van der Waals surface area contributed by atoms with Crippen LogP contribution in [0.4, 0.5) is 5.69 Å². The van der Waals surface area contributed by atoms with E-state index in [-0.39, 0.29) is 12.2 Å². The number of halogens is 1. The smallest absolute Gasteiger partial charge is 0.266 e. The van der Waals surface area contributed by atoms with Gasteiger partial charge < -0.3 is 19.5 Å². The van der Waals surface area contributed by atoms with Crippen LogP contribution in [0.2, 0.25) is 0 Å². The Morgan fingerprint density at radius 3 is 2.45 bits per heavy atom. The van der Waals surface area contributed by atoms with Gasteiger partial charge in [-0.05, 0) is 55.0 Å². The van der Waals surface area contributed by atoms with Crippen LogP contribution in [0.1, 0.15) is 12.5 Å². The maximum atomic E-state index is 12.5. The van der Waals surface area contributed by atoms with Gasteiger partial charge in [0.25, 0.3) is 5.91 Å². The van der Waals surface area contributed by atoms with Gasteiger partial charge in [-0.1, -0.05) is 15.9 Å². The van der Waals surface area contributed by atoms with Gasteiger partial charge in [0.15, 0.2) is 18.1 Å². The van der Waals surface area contributed by atoms with Crippen LogP contribution in [0.25, 0.3) is 6.08 Å². The number of nitrogens with zero attached hydrogens (tertiary/aromatic N) is 2. The summed E-state index contributed by atoms with van der Waals surface area (Å²) in [6.45, 7) is 2.07. The Bertz CT molecular complexity index is 989. The molecule has 7 nitrogen and oxygen atoms in total. The SMILES string of the molecule is CCOc1cc(/C=C(\C#N)C(=O)Nc2ccc(OC)cc2)c(Br)cc1OCC#N. The highest BCUT2D eigenvalue weighted by Gasteiger charge is 2.14. The number of carbonyl (C=O) groups excluding carboxylic acids is 1. The van der Waals surface area contributed by atoms with Crippen molar-refractivity contribution in [3.05, 3.63) is 52.0 Å². The van der Waals surface area contributed by atoms with E-state index in [0.717, 1.165) is 0 Å². The Morgan fingerprint density at radius 1 is 1.17 bits per heavy atom. The zero-order chi connectivity index (χ0) is 21.2. The van der Waals surface area contributed by atoms with Crippen molar-refractivity contribution in [1.29, 1.82) is 10.5 Å². The quantitative estimate of drug-likeness (QED) is 0.469. The third-order valence-corrected chi connectivity index (χ3v) is 4.35. The largest absolute Gasteiger partial charge is 0.497 e. The summed E-state index contributed by atoms with van der Waals surface area (Å²) in [5, 5.41) is 20.8. The van der Waals surface area contributed by atoms with Gasteiger partial charge in [-0.2, -0.15) is 10.5 Å². The molecule has 29 heavy (non-hydrogen) atoms. The highest BCUT2D eigenvalue weighted by molar-refractivity contribution is 9.10. The van der Waals surface area contributed by atoms with Gasteiger partial charge in [0.1, 0.15) is 23.5 Å². The van der Waals surface area contributed by atoms with Crippen LogP contribution in [0, 0.1) is 22.7 Å². The van der Waals surface area contributed by atoms with Crippen LogP contribution < -0.4 is 19.5 Å². The second-order valence-electron chi connectivity index (χ2n) is 5.55. The Morgan fingerprint density at radius 2 is 1.86 bits per heavy atom. The fourth-order valence-corrected chi connectivity index (χ4v) is 2.77. The highest BCUT2D eigenvalue weighted by Crippen LogP contribution is 2.35. The summed E-state index contributed by atoms with van der Waals surface area (Å²) < 4.78 is 16.6. The first-order valence-electron chi connectivity index (χ1n) is 8.55. The van der Waals surface area contributed by atoms with E-state index in [1.807, 2.05) is 19.1 Å². The number of anilines is 1. The van der Waals surface area contributed by atoms with E-state index in [2.05, 4.69) is 21.2 Å². The normalized spacial score (nSPS) is 10.4. The van der Waals surface area contributed by atoms with Gasteiger partial charge in [0, 0.05) is 10.2 Å². The molecule has 0 radical (unpaired) electrons. The molecule has 0 atom stereocenters. The molecule has 8 heteroatoms. The van der Waals surface area contributed by atoms with Gasteiger partial charge in [-0.15, -0.1) is 0 Å². The summed E-state index contributed by atoms with van der Waals surface area (Å²) in [7, 11) is 1.55. The molecule has 2 aromatic rings. The molecule has 0 saturated heterocycles. The van der Waals surface area contributed by atoms with Crippen LogP contribution in [0.15, 0.2) is 46.4 Å². The summed E-state index contributed by atoms with van der Waals surface area (Å²) in [6.07, 6.45) is 1.44. The summed E-state index contributed by atoms with van der Waals surface area (Å²) in [4.78, 5) is 12.5. The second kappa shape index (κ2) is 10.7. The average Bonchev–Trinajstić information content (AvgIpc) is 2.73. The summed E-state index contributed by atoms with van der Waals surface area (Å²) in [6, 6.07) is 13.8.